The molecule has 2 amide bonds. The molecule has 3 aromatic rings. The molecule has 0 spiro atoms. The van der Waals surface area contributed by atoms with Gasteiger partial charge in [-0.15, -0.1) is 0 Å². The second kappa shape index (κ2) is 7.86. The number of fused-ring (bicyclic) bond motifs is 1. The van der Waals surface area contributed by atoms with E-state index >= 15 is 0 Å². The third-order valence-electron chi connectivity index (χ3n) is 6.42. The minimum absolute atomic E-state index is 0.173. The van der Waals surface area contributed by atoms with Gasteiger partial charge >= 0.3 is 0 Å². The largest absolute Gasteiger partial charge is 0.393 e. The van der Waals surface area contributed by atoms with Crippen LogP contribution in [0.25, 0.3) is 10.9 Å². The highest BCUT2D eigenvalue weighted by atomic mass is 35.5. The van der Waals surface area contributed by atoms with Gasteiger partial charge in [-0.25, -0.2) is 9.37 Å². The van der Waals surface area contributed by atoms with Crippen LogP contribution in [0.1, 0.15) is 41.2 Å². The second-order valence-corrected chi connectivity index (χ2v) is 8.92. The van der Waals surface area contributed by atoms with Crippen LogP contribution in [0, 0.1) is 5.82 Å². The number of aliphatic hydroxyl groups excluding tert-OH is 1. The lowest BCUT2D eigenvalue weighted by Crippen LogP contribution is -2.54. The number of pyridine rings is 1. The fraction of sp³-hybridized carbons (Fsp3) is 0.348. The average Bonchev–Trinajstić information content (AvgIpc) is 3.34. The third-order valence-corrected chi connectivity index (χ3v) is 6.63. The summed E-state index contributed by atoms with van der Waals surface area (Å²) in [5, 5.41) is 13.8. The predicted octanol–water partition coefficient (Wildman–Crippen LogP) is 2.99. The van der Waals surface area contributed by atoms with Crippen molar-refractivity contribution < 1.29 is 19.1 Å². The molecule has 2 fully saturated rings. The summed E-state index contributed by atoms with van der Waals surface area (Å²) in [4.78, 5) is 35.4. The zero-order chi connectivity index (χ0) is 22.5. The van der Waals surface area contributed by atoms with Crippen LogP contribution in [0.15, 0.2) is 42.6 Å². The number of hydrogen-bond acceptors (Lipinski definition) is 4. The van der Waals surface area contributed by atoms with E-state index in [0.29, 0.717) is 48.7 Å². The van der Waals surface area contributed by atoms with E-state index in [1.807, 2.05) is 0 Å². The minimum Gasteiger partial charge on any atom is -0.393 e. The molecule has 0 radical (unpaired) electrons. The highest BCUT2D eigenvalue weighted by molar-refractivity contribution is 6.30. The van der Waals surface area contributed by atoms with Gasteiger partial charge in [-0.1, -0.05) is 23.7 Å². The number of benzene rings is 1. The van der Waals surface area contributed by atoms with E-state index in [1.165, 1.54) is 12.1 Å². The van der Waals surface area contributed by atoms with Gasteiger partial charge in [0.05, 0.1) is 17.8 Å². The van der Waals surface area contributed by atoms with Crippen molar-refractivity contribution in [1.82, 2.24) is 20.2 Å². The van der Waals surface area contributed by atoms with Gasteiger partial charge in [0.2, 0.25) is 5.91 Å². The molecule has 166 valence electrons. The molecule has 2 aromatic heterocycles. The third kappa shape index (κ3) is 3.73. The Kier molecular flexibility index (Phi) is 5.14. The normalized spacial score (nSPS) is 23.3. The van der Waals surface area contributed by atoms with Gasteiger partial charge in [-0.05, 0) is 49.1 Å². The van der Waals surface area contributed by atoms with E-state index in [4.69, 9.17) is 11.6 Å². The molecule has 1 saturated carbocycles. The van der Waals surface area contributed by atoms with Crippen LogP contribution in [0.4, 0.5) is 4.39 Å². The second-order valence-electron chi connectivity index (χ2n) is 8.53. The number of nitrogens with zero attached hydrogens (tertiary/aromatic N) is 2. The quantitative estimate of drug-likeness (QED) is 0.525. The first-order valence-corrected chi connectivity index (χ1v) is 10.9. The van der Waals surface area contributed by atoms with Gasteiger partial charge in [0.15, 0.2) is 0 Å². The molecule has 7 nitrogen and oxygen atoms in total. The van der Waals surface area contributed by atoms with Crippen LogP contribution in [0.5, 0.6) is 0 Å². The zero-order valence-corrected chi connectivity index (χ0v) is 17.9. The number of aromatic amines is 1. The van der Waals surface area contributed by atoms with Crippen LogP contribution >= 0.6 is 11.6 Å². The molecule has 32 heavy (non-hydrogen) atoms. The SMILES string of the molecule is O=C(NC1(C(=O)N2CCC(O)CC2)CC1c1ccc(F)cc1)c1cc2cc(Cl)ncc2[nH]1. The van der Waals surface area contributed by atoms with E-state index < -0.39 is 17.6 Å². The minimum atomic E-state index is -1.11. The van der Waals surface area contributed by atoms with E-state index in [9.17, 15) is 19.1 Å². The maximum absolute atomic E-state index is 13.5. The molecular formula is C23H22ClFN4O3. The number of amides is 2. The lowest BCUT2D eigenvalue weighted by molar-refractivity contribution is -0.136. The fourth-order valence-corrected chi connectivity index (χ4v) is 4.70. The van der Waals surface area contributed by atoms with Crippen molar-refractivity contribution >= 4 is 34.3 Å². The summed E-state index contributed by atoms with van der Waals surface area (Å²) < 4.78 is 13.4. The number of nitrogens with one attached hydrogen (secondary N) is 2. The van der Waals surface area contributed by atoms with Gasteiger partial charge < -0.3 is 20.3 Å². The highest BCUT2D eigenvalue weighted by Gasteiger charge is 2.63. The molecule has 3 N–H and O–H groups in total. The number of likely N-dealkylation sites (tertiary alicyclic amines) is 1. The van der Waals surface area contributed by atoms with Crippen LogP contribution in [0.2, 0.25) is 5.15 Å². The molecule has 9 heteroatoms. The van der Waals surface area contributed by atoms with E-state index in [1.54, 1.807) is 35.4 Å². The standard InChI is InChI=1S/C23H22ClFN4O3/c24-20-10-14-9-18(27-19(14)12-26-20)21(31)28-23(22(32)29-7-5-16(30)6-8-29)11-17(23)13-1-3-15(25)4-2-13/h1-4,9-10,12,16-17,27,30H,5-8,11H2,(H,28,31). The van der Waals surface area contributed by atoms with Gasteiger partial charge in [0, 0.05) is 24.4 Å². The number of hydrogen-bond donors (Lipinski definition) is 3. The van der Waals surface area contributed by atoms with E-state index in [-0.39, 0.29) is 17.6 Å². The average molecular weight is 457 g/mol. The van der Waals surface area contributed by atoms with Crippen molar-refractivity contribution in [3.05, 3.63) is 64.8 Å². The topological polar surface area (TPSA) is 98.3 Å². The maximum atomic E-state index is 13.5. The van der Waals surface area contributed by atoms with E-state index in [2.05, 4.69) is 15.3 Å². The number of rotatable bonds is 4. The van der Waals surface area contributed by atoms with Crippen LogP contribution in [-0.4, -0.2) is 56.5 Å². The Morgan fingerprint density at radius 3 is 2.66 bits per heavy atom. The maximum Gasteiger partial charge on any atom is 0.268 e. The zero-order valence-electron chi connectivity index (χ0n) is 17.1. The Hall–Kier alpha value is -2.97. The van der Waals surface area contributed by atoms with Gasteiger partial charge in [-0.3, -0.25) is 9.59 Å². The van der Waals surface area contributed by atoms with Crippen molar-refractivity contribution in [2.24, 2.45) is 0 Å². The smallest absolute Gasteiger partial charge is 0.268 e. The number of carbonyl (C=O) groups is 2. The monoisotopic (exact) mass is 456 g/mol. The molecule has 0 bridgehead atoms. The fourth-order valence-electron chi connectivity index (χ4n) is 4.54. The van der Waals surface area contributed by atoms with Crippen molar-refractivity contribution in [2.75, 3.05) is 13.1 Å². The summed E-state index contributed by atoms with van der Waals surface area (Å²) in [7, 11) is 0. The Labute approximate surface area is 188 Å². The van der Waals surface area contributed by atoms with Gasteiger partial charge in [0.1, 0.15) is 22.2 Å². The van der Waals surface area contributed by atoms with Gasteiger partial charge in [0.25, 0.3) is 5.91 Å². The number of aromatic nitrogens is 2. The Morgan fingerprint density at radius 2 is 1.94 bits per heavy atom. The van der Waals surface area contributed by atoms with Crippen molar-refractivity contribution in [3.8, 4) is 0 Å². The molecule has 1 aliphatic heterocycles. The Morgan fingerprint density at radius 1 is 1.22 bits per heavy atom. The number of piperidine rings is 1. The predicted molar refractivity (Wildman–Crippen MR) is 117 cm³/mol. The Bertz CT molecular complexity index is 1190. The van der Waals surface area contributed by atoms with Crippen molar-refractivity contribution in [3.63, 3.8) is 0 Å². The van der Waals surface area contributed by atoms with Crippen LogP contribution in [-0.2, 0) is 4.79 Å². The molecule has 3 heterocycles. The first-order valence-electron chi connectivity index (χ1n) is 10.6. The summed E-state index contributed by atoms with van der Waals surface area (Å²) >= 11 is 5.94. The molecule has 1 aliphatic carbocycles. The summed E-state index contributed by atoms with van der Waals surface area (Å²) in [6.45, 7) is 0.870. The summed E-state index contributed by atoms with van der Waals surface area (Å²) in [6.07, 6.45) is 2.57. The summed E-state index contributed by atoms with van der Waals surface area (Å²) in [6, 6.07) is 9.34. The number of halogens is 2. The first kappa shape index (κ1) is 20.9. The van der Waals surface area contributed by atoms with Crippen LogP contribution in [0.3, 0.4) is 0 Å². The summed E-state index contributed by atoms with van der Waals surface area (Å²) in [5.74, 6) is -1.20. The molecule has 5 rings (SSSR count). The summed E-state index contributed by atoms with van der Waals surface area (Å²) in [5.41, 5.74) is 0.653. The molecule has 1 saturated heterocycles. The molecular weight excluding hydrogens is 435 g/mol. The molecule has 2 unspecified atom stereocenters. The molecule has 1 aromatic carbocycles. The molecule has 2 atom stereocenters. The van der Waals surface area contributed by atoms with Gasteiger partial charge in [-0.2, -0.15) is 0 Å². The Balaban J connectivity index is 1.43. The van der Waals surface area contributed by atoms with Crippen molar-refractivity contribution in [1.29, 1.82) is 0 Å². The number of aliphatic hydroxyl groups is 1. The lowest BCUT2D eigenvalue weighted by Gasteiger charge is -2.33. The van der Waals surface area contributed by atoms with E-state index in [0.717, 1.165) is 10.9 Å². The van der Waals surface area contributed by atoms with Crippen molar-refractivity contribution in [2.45, 2.75) is 36.8 Å². The van der Waals surface area contributed by atoms with Crippen LogP contribution < -0.4 is 5.32 Å². The first-order chi connectivity index (χ1) is 15.4. The number of H-pyrrole nitrogens is 1. The molecule has 2 aliphatic rings. The lowest BCUT2D eigenvalue weighted by atomic mass is 10.0. The highest BCUT2D eigenvalue weighted by Crippen LogP contribution is 2.53. The number of carbonyl (C=O) groups excluding carboxylic acids is 2.